The van der Waals surface area contributed by atoms with Gasteiger partial charge in [0.15, 0.2) is 0 Å². The molecule has 0 aliphatic carbocycles. The number of hydrogen-bond donors (Lipinski definition) is 2. The number of amides is 3. The van der Waals surface area contributed by atoms with Gasteiger partial charge in [-0.1, -0.05) is 18.2 Å². The molecule has 1 aliphatic rings. The van der Waals surface area contributed by atoms with E-state index in [2.05, 4.69) is 5.32 Å². The summed E-state index contributed by atoms with van der Waals surface area (Å²) in [5.41, 5.74) is 7.00. The van der Waals surface area contributed by atoms with Gasteiger partial charge in [-0.25, -0.2) is 0 Å². The second-order valence-corrected chi connectivity index (χ2v) is 7.35. The Hall–Kier alpha value is -2.80. The lowest BCUT2D eigenvalue weighted by Crippen LogP contribution is -2.34. The molecule has 0 fully saturated rings. The van der Waals surface area contributed by atoms with Crippen LogP contribution in [0.3, 0.4) is 0 Å². The highest BCUT2D eigenvalue weighted by molar-refractivity contribution is 8.00. The van der Waals surface area contributed by atoms with E-state index in [-0.39, 0.29) is 30.0 Å². The van der Waals surface area contributed by atoms with E-state index in [1.165, 1.54) is 16.7 Å². The van der Waals surface area contributed by atoms with Crippen LogP contribution in [0.15, 0.2) is 53.4 Å². The van der Waals surface area contributed by atoms with Gasteiger partial charge in [0.1, 0.15) is 0 Å². The van der Waals surface area contributed by atoms with Crippen molar-refractivity contribution in [3.63, 3.8) is 0 Å². The number of para-hydroxylation sites is 1. The van der Waals surface area contributed by atoms with Crippen molar-refractivity contribution in [3.05, 3.63) is 54.1 Å². The summed E-state index contributed by atoms with van der Waals surface area (Å²) in [4.78, 5) is 38.6. The Labute approximate surface area is 155 Å². The summed E-state index contributed by atoms with van der Waals surface area (Å²) >= 11 is 1.46. The zero-order valence-electron chi connectivity index (χ0n) is 14.3. The molecule has 0 spiro atoms. The molecule has 134 valence electrons. The maximum Gasteiger partial charge on any atom is 0.258 e. The molecule has 0 unspecified atom stereocenters. The molecular formula is C19H19N3O3S. The summed E-state index contributed by atoms with van der Waals surface area (Å²) in [6.45, 7) is 2.02. The normalized spacial score (nSPS) is 15.7. The maximum atomic E-state index is 13.0. The van der Waals surface area contributed by atoms with E-state index in [0.717, 1.165) is 4.90 Å². The van der Waals surface area contributed by atoms with Crippen LogP contribution in [0.1, 0.15) is 23.7 Å². The Kier molecular flexibility index (Phi) is 5.27. The SMILES string of the molecule is C[C@H]1Sc2ccc(C(=O)N(CCC(N)=O)c3ccccc3)cc2NC1=O. The molecule has 3 amide bonds. The van der Waals surface area contributed by atoms with E-state index in [4.69, 9.17) is 5.73 Å². The van der Waals surface area contributed by atoms with E-state index < -0.39 is 5.91 Å². The highest BCUT2D eigenvalue weighted by Crippen LogP contribution is 2.36. The monoisotopic (exact) mass is 369 g/mol. The fourth-order valence-corrected chi connectivity index (χ4v) is 3.61. The third kappa shape index (κ3) is 3.88. The average Bonchev–Trinajstić information content (AvgIpc) is 2.63. The quantitative estimate of drug-likeness (QED) is 0.847. The van der Waals surface area contributed by atoms with Gasteiger partial charge in [-0.3, -0.25) is 14.4 Å². The Morgan fingerprint density at radius 2 is 1.92 bits per heavy atom. The lowest BCUT2D eigenvalue weighted by molar-refractivity contribution is -0.118. The number of nitrogens with one attached hydrogen (secondary N) is 1. The molecular weight excluding hydrogens is 350 g/mol. The van der Waals surface area contributed by atoms with Crippen LogP contribution in [0, 0.1) is 0 Å². The molecule has 3 rings (SSSR count). The van der Waals surface area contributed by atoms with Gasteiger partial charge in [-0.05, 0) is 37.3 Å². The first-order valence-corrected chi connectivity index (χ1v) is 9.10. The van der Waals surface area contributed by atoms with Crippen LogP contribution in [0.25, 0.3) is 0 Å². The molecule has 0 saturated carbocycles. The number of primary amides is 1. The van der Waals surface area contributed by atoms with Gasteiger partial charge in [0.2, 0.25) is 11.8 Å². The smallest absolute Gasteiger partial charge is 0.258 e. The Morgan fingerprint density at radius 3 is 2.62 bits per heavy atom. The summed E-state index contributed by atoms with van der Waals surface area (Å²) in [7, 11) is 0. The largest absolute Gasteiger partial charge is 0.370 e. The van der Waals surface area contributed by atoms with Gasteiger partial charge < -0.3 is 16.0 Å². The van der Waals surface area contributed by atoms with E-state index >= 15 is 0 Å². The summed E-state index contributed by atoms with van der Waals surface area (Å²) in [5.74, 6) is -0.805. The van der Waals surface area contributed by atoms with Crippen molar-refractivity contribution in [2.45, 2.75) is 23.5 Å². The molecule has 0 saturated heterocycles. The highest BCUT2D eigenvalue weighted by Gasteiger charge is 2.25. The number of fused-ring (bicyclic) bond motifs is 1. The number of carbonyl (C=O) groups excluding carboxylic acids is 3. The number of hydrogen-bond acceptors (Lipinski definition) is 4. The molecule has 0 radical (unpaired) electrons. The van der Waals surface area contributed by atoms with Crippen molar-refractivity contribution in [2.24, 2.45) is 5.73 Å². The molecule has 0 bridgehead atoms. The van der Waals surface area contributed by atoms with Crippen LogP contribution in [0.4, 0.5) is 11.4 Å². The van der Waals surface area contributed by atoms with Gasteiger partial charge in [0.25, 0.3) is 5.91 Å². The Bertz CT molecular complexity index is 854. The minimum atomic E-state index is -0.471. The lowest BCUT2D eigenvalue weighted by Gasteiger charge is -2.25. The molecule has 3 N–H and O–H groups in total. The van der Waals surface area contributed by atoms with Crippen molar-refractivity contribution < 1.29 is 14.4 Å². The molecule has 1 aliphatic heterocycles. The number of anilines is 2. The van der Waals surface area contributed by atoms with E-state index in [1.807, 2.05) is 31.2 Å². The van der Waals surface area contributed by atoms with Gasteiger partial charge >= 0.3 is 0 Å². The average molecular weight is 369 g/mol. The third-order valence-corrected chi connectivity index (χ3v) is 5.23. The van der Waals surface area contributed by atoms with Crippen molar-refractivity contribution in [1.29, 1.82) is 0 Å². The molecule has 1 heterocycles. The van der Waals surface area contributed by atoms with Gasteiger partial charge in [-0.15, -0.1) is 11.8 Å². The van der Waals surface area contributed by atoms with Crippen LogP contribution in [-0.4, -0.2) is 29.5 Å². The number of nitrogens with zero attached hydrogens (tertiary/aromatic N) is 1. The third-order valence-electron chi connectivity index (χ3n) is 4.05. The van der Waals surface area contributed by atoms with Crippen LogP contribution >= 0.6 is 11.8 Å². The first kappa shape index (κ1) is 18.0. The van der Waals surface area contributed by atoms with Crippen LogP contribution in [0.5, 0.6) is 0 Å². The lowest BCUT2D eigenvalue weighted by atomic mass is 10.1. The summed E-state index contributed by atoms with van der Waals surface area (Å²) in [6.07, 6.45) is 0.0652. The second-order valence-electron chi connectivity index (χ2n) is 5.97. The molecule has 7 heteroatoms. The van der Waals surface area contributed by atoms with E-state index in [1.54, 1.807) is 24.3 Å². The zero-order chi connectivity index (χ0) is 18.7. The fraction of sp³-hybridized carbons (Fsp3) is 0.211. The fourth-order valence-electron chi connectivity index (χ4n) is 2.68. The molecule has 2 aromatic carbocycles. The predicted molar refractivity (Wildman–Crippen MR) is 102 cm³/mol. The maximum absolute atomic E-state index is 13.0. The molecule has 6 nitrogen and oxygen atoms in total. The molecule has 1 atom stereocenters. The summed E-state index contributed by atoms with van der Waals surface area (Å²) in [6, 6.07) is 14.4. The van der Waals surface area contributed by atoms with Crippen molar-refractivity contribution >= 4 is 40.9 Å². The number of benzene rings is 2. The summed E-state index contributed by atoms with van der Waals surface area (Å²) < 4.78 is 0. The molecule has 2 aromatic rings. The Morgan fingerprint density at radius 1 is 1.19 bits per heavy atom. The van der Waals surface area contributed by atoms with Gasteiger partial charge in [0.05, 0.1) is 10.9 Å². The number of carbonyl (C=O) groups is 3. The van der Waals surface area contributed by atoms with Gasteiger partial charge in [0, 0.05) is 29.1 Å². The first-order valence-electron chi connectivity index (χ1n) is 8.22. The minimum Gasteiger partial charge on any atom is -0.370 e. The van der Waals surface area contributed by atoms with Crippen molar-refractivity contribution in [1.82, 2.24) is 0 Å². The van der Waals surface area contributed by atoms with E-state index in [0.29, 0.717) is 16.9 Å². The Balaban J connectivity index is 1.90. The molecule has 0 aromatic heterocycles. The predicted octanol–water partition coefficient (Wildman–Crippen LogP) is 2.64. The summed E-state index contributed by atoms with van der Waals surface area (Å²) in [5, 5.41) is 2.66. The minimum absolute atomic E-state index is 0.0652. The van der Waals surface area contributed by atoms with Crippen molar-refractivity contribution in [3.8, 4) is 0 Å². The zero-order valence-corrected chi connectivity index (χ0v) is 15.1. The van der Waals surface area contributed by atoms with Crippen LogP contribution in [0.2, 0.25) is 0 Å². The topological polar surface area (TPSA) is 92.5 Å². The first-order chi connectivity index (χ1) is 12.5. The van der Waals surface area contributed by atoms with Crippen LogP contribution < -0.4 is 16.0 Å². The number of nitrogens with two attached hydrogens (primary N) is 1. The number of thioether (sulfide) groups is 1. The number of rotatable bonds is 5. The molecule has 26 heavy (non-hydrogen) atoms. The standard InChI is InChI=1S/C19H19N3O3S/c1-12-18(24)21-15-11-13(7-8-16(15)26-12)19(25)22(10-9-17(20)23)14-5-3-2-4-6-14/h2-8,11-12H,9-10H2,1H3,(H2,20,23)(H,21,24)/t12-/m1/s1. The van der Waals surface area contributed by atoms with Crippen molar-refractivity contribution in [2.75, 3.05) is 16.8 Å². The van der Waals surface area contributed by atoms with Crippen LogP contribution in [-0.2, 0) is 9.59 Å². The highest BCUT2D eigenvalue weighted by atomic mass is 32.2. The van der Waals surface area contributed by atoms with Gasteiger partial charge in [-0.2, -0.15) is 0 Å². The second kappa shape index (κ2) is 7.61. The van der Waals surface area contributed by atoms with E-state index in [9.17, 15) is 14.4 Å².